The number of aliphatic carboxylic acids is 1. The molecule has 24 nitrogen and oxygen atoms in total. The zero-order valence-corrected chi connectivity index (χ0v) is 34.1. The number of nitro benzene ring substituents is 1. The van der Waals surface area contributed by atoms with E-state index in [2.05, 4.69) is 5.32 Å². The molecule has 1 amide bonds. The summed E-state index contributed by atoms with van der Waals surface area (Å²) in [5.74, 6) is -6.66. The highest BCUT2D eigenvalue weighted by Crippen LogP contribution is 2.52. The van der Waals surface area contributed by atoms with Crippen molar-refractivity contribution >= 4 is 35.1 Å². The van der Waals surface area contributed by atoms with Gasteiger partial charge in [0.15, 0.2) is 24.0 Å². The van der Waals surface area contributed by atoms with Crippen LogP contribution in [0.1, 0.15) is 74.4 Å². The van der Waals surface area contributed by atoms with Gasteiger partial charge in [-0.2, -0.15) is 0 Å². The molecular weight excluding hydrogens is 872 g/mol. The van der Waals surface area contributed by atoms with Gasteiger partial charge in [0, 0.05) is 53.6 Å². The maximum Gasteiger partial charge on any atom is 0.407 e. The Bertz CT molecular complexity index is 2460. The van der Waals surface area contributed by atoms with Crippen molar-refractivity contribution in [2.24, 2.45) is 0 Å². The number of methoxy groups -OCH3 is 1. The van der Waals surface area contributed by atoms with E-state index in [1.807, 2.05) is 0 Å². The number of rotatable bonds is 12. The standard InChI is InChI=1S/C41H42N2O22/c1-14-29(46)19(42-40(56)61-13-15-8-16(43(58)59)6-7-20(15)64-39-36(53)34(51)35(52)37(65-39)38(54)55)9-24(62-14)63-22-11-41(57,23(45)12-44)10-18-26(22)33(50)28-27(31(18)48)30(47)17-4-3-5-21(60-2)25(17)32(28)49/h3-8,14,19,22,24,29,34-37,39,44,46,48,50-53,57H,9-13H2,1-2H3,(H,42,56)(H,54,55)/t14-,19+,22-,24-,29+,34-,35-,36-,37+,39+,41-/m0/s1. The van der Waals surface area contributed by atoms with Gasteiger partial charge in [-0.05, 0) is 19.1 Å². The van der Waals surface area contributed by atoms with Gasteiger partial charge in [0.05, 0.1) is 47.0 Å². The Kier molecular flexibility index (Phi) is 12.8. The number of ketones is 3. The normalized spacial score (nSPS) is 29.4. The number of amides is 1. The number of aromatic hydroxyl groups is 2. The first-order valence-corrected chi connectivity index (χ1v) is 19.7. The van der Waals surface area contributed by atoms with Crippen molar-refractivity contribution in [2.75, 3.05) is 13.7 Å². The molecule has 348 valence electrons. The molecule has 2 aliphatic carbocycles. The number of aliphatic hydroxyl groups excluding tert-OH is 5. The predicted molar refractivity (Wildman–Crippen MR) is 209 cm³/mol. The van der Waals surface area contributed by atoms with Crippen LogP contribution in [0.25, 0.3) is 0 Å². The van der Waals surface area contributed by atoms with Crippen LogP contribution in [0.2, 0.25) is 0 Å². The van der Waals surface area contributed by atoms with E-state index in [4.69, 9.17) is 28.4 Å². The number of benzene rings is 3. The lowest BCUT2D eigenvalue weighted by molar-refractivity contribution is -0.385. The predicted octanol–water partition coefficient (Wildman–Crippen LogP) is -0.852. The zero-order valence-electron chi connectivity index (χ0n) is 34.1. The number of carbonyl (C=O) groups excluding carboxylic acids is 4. The van der Waals surface area contributed by atoms with Gasteiger partial charge >= 0.3 is 12.1 Å². The Labute approximate surface area is 365 Å². The summed E-state index contributed by atoms with van der Waals surface area (Å²) in [5, 5.41) is 110. The van der Waals surface area contributed by atoms with Crippen molar-refractivity contribution in [1.82, 2.24) is 5.32 Å². The third kappa shape index (κ3) is 8.42. The zero-order chi connectivity index (χ0) is 47.4. The number of nitrogens with zero attached hydrogens (tertiary/aromatic N) is 1. The third-order valence-corrected chi connectivity index (χ3v) is 11.7. The van der Waals surface area contributed by atoms with Crippen LogP contribution in [0.4, 0.5) is 10.5 Å². The van der Waals surface area contributed by atoms with Crippen LogP contribution in [0.3, 0.4) is 0 Å². The second-order valence-electron chi connectivity index (χ2n) is 15.7. The number of phenols is 2. The van der Waals surface area contributed by atoms with E-state index in [1.165, 1.54) is 32.2 Å². The first-order valence-electron chi connectivity index (χ1n) is 19.7. The highest BCUT2D eigenvalue weighted by atomic mass is 16.7. The SMILES string of the molecule is COc1cccc2c1C(=O)c1c(O)c3c(c(O)c1C2=O)C[C@@](O)(C(=O)CO)C[C@@H]3O[C@H]1C[C@@H](NC(=O)OCc2cc([N+](=O)[O-])ccc2O[C@@H]2O[C@@H](C(=O)O)[C@@H](O)[C@H](O)[C@@H]2O)[C@H](O)[C@H](C)O1. The number of aliphatic hydroxyl groups is 6. The van der Waals surface area contributed by atoms with Crippen molar-refractivity contribution in [3.8, 4) is 23.0 Å². The van der Waals surface area contributed by atoms with Gasteiger partial charge in [0.1, 0.15) is 66.2 Å². The van der Waals surface area contributed by atoms with Gasteiger partial charge in [0.2, 0.25) is 12.1 Å². The molecule has 0 bridgehead atoms. The van der Waals surface area contributed by atoms with E-state index in [1.54, 1.807) is 0 Å². The minimum atomic E-state index is -2.47. The van der Waals surface area contributed by atoms with Gasteiger partial charge in [-0.3, -0.25) is 24.5 Å². The lowest BCUT2D eigenvalue weighted by Gasteiger charge is -2.42. The number of hydrogen-bond donors (Lipinski definition) is 10. The lowest BCUT2D eigenvalue weighted by Crippen LogP contribution is -2.61. The summed E-state index contributed by atoms with van der Waals surface area (Å²) in [6.45, 7) is -0.583. The van der Waals surface area contributed by atoms with Gasteiger partial charge in [-0.25, -0.2) is 9.59 Å². The van der Waals surface area contributed by atoms with Crippen LogP contribution in [-0.4, -0.2) is 155 Å². The van der Waals surface area contributed by atoms with Crippen LogP contribution in [-0.2, 0) is 41.6 Å². The minimum absolute atomic E-state index is 0.00951. The summed E-state index contributed by atoms with van der Waals surface area (Å²) < 4.78 is 33.3. The van der Waals surface area contributed by atoms with Crippen LogP contribution >= 0.6 is 0 Å². The van der Waals surface area contributed by atoms with Crippen molar-refractivity contribution in [3.63, 3.8) is 0 Å². The van der Waals surface area contributed by atoms with E-state index < -0.39 is 162 Å². The van der Waals surface area contributed by atoms with Crippen LogP contribution in [0.15, 0.2) is 36.4 Å². The average molecular weight is 915 g/mol. The smallest absolute Gasteiger partial charge is 0.407 e. The molecule has 3 aromatic rings. The van der Waals surface area contributed by atoms with Crippen LogP contribution in [0, 0.1) is 10.1 Å². The van der Waals surface area contributed by atoms with Crippen molar-refractivity contribution in [2.45, 2.75) is 99.7 Å². The fraction of sp³-hybridized carbons (Fsp3) is 0.439. The number of ether oxygens (including phenoxy) is 6. The molecular formula is C41H42N2O22. The number of carboxylic acid groups (broad SMARTS) is 1. The fourth-order valence-electron chi connectivity index (χ4n) is 8.38. The van der Waals surface area contributed by atoms with Crippen molar-refractivity contribution in [1.29, 1.82) is 0 Å². The number of hydrogen-bond acceptors (Lipinski definition) is 21. The number of alkyl carbamates (subject to hydrolysis) is 1. The van der Waals surface area contributed by atoms with E-state index in [9.17, 15) is 80.0 Å². The highest BCUT2D eigenvalue weighted by Gasteiger charge is 2.51. The van der Waals surface area contributed by atoms with E-state index in [0.717, 1.165) is 18.2 Å². The molecule has 0 aromatic heterocycles. The molecule has 0 spiro atoms. The average Bonchev–Trinajstić information content (AvgIpc) is 3.27. The molecule has 2 saturated heterocycles. The molecule has 0 radical (unpaired) electrons. The molecule has 24 heteroatoms. The second kappa shape index (κ2) is 17.9. The first-order chi connectivity index (χ1) is 30.7. The van der Waals surface area contributed by atoms with Crippen LogP contribution in [0.5, 0.6) is 23.0 Å². The number of Topliss-reactive ketones (excluding diaryl/α,β-unsaturated/α-hetero) is 1. The highest BCUT2D eigenvalue weighted by molar-refractivity contribution is 6.31. The van der Waals surface area contributed by atoms with Crippen LogP contribution < -0.4 is 14.8 Å². The number of carbonyl (C=O) groups is 5. The number of carboxylic acids is 1. The number of nitro groups is 1. The molecule has 2 fully saturated rings. The molecule has 2 heterocycles. The summed E-state index contributed by atoms with van der Waals surface area (Å²) in [7, 11) is 1.25. The van der Waals surface area contributed by atoms with Gasteiger partial charge < -0.3 is 79.7 Å². The third-order valence-electron chi connectivity index (χ3n) is 11.7. The topological polar surface area (TPSA) is 378 Å². The summed E-state index contributed by atoms with van der Waals surface area (Å²) in [4.78, 5) is 76.4. The maximum absolute atomic E-state index is 14.0. The maximum atomic E-state index is 14.0. The largest absolute Gasteiger partial charge is 0.507 e. The summed E-state index contributed by atoms with van der Waals surface area (Å²) in [6.07, 6.45) is -18.9. The second-order valence-corrected chi connectivity index (χ2v) is 15.7. The molecule has 0 unspecified atom stereocenters. The molecule has 2 aliphatic heterocycles. The molecule has 10 N–H and O–H groups in total. The van der Waals surface area contributed by atoms with Gasteiger partial charge in [0.25, 0.3) is 5.69 Å². The molecule has 65 heavy (non-hydrogen) atoms. The Morgan fingerprint density at radius 3 is 2.31 bits per heavy atom. The molecule has 4 aliphatic rings. The van der Waals surface area contributed by atoms with Gasteiger partial charge in [-0.15, -0.1) is 0 Å². The van der Waals surface area contributed by atoms with Crippen molar-refractivity contribution in [3.05, 3.63) is 85.5 Å². The number of nitrogens with one attached hydrogen (secondary N) is 1. The number of fused-ring (bicyclic) bond motifs is 3. The van der Waals surface area contributed by atoms with Gasteiger partial charge in [-0.1, -0.05) is 12.1 Å². The van der Waals surface area contributed by atoms with E-state index in [0.29, 0.717) is 0 Å². The number of non-ortho nitro benzene ring substituents is 1. The quantitative estimate of drug-likeness (QED) is 0.0470. The Morgan fingerprint density at radius 2 is 1.65 bits per heavy atom. The number of phenolic OH excluding ortho intramolecular Hbond substituents is 2. The van der Waals surface area contributed by atoms with Crippen molar-refractivity contribution < 1.29 is 103 Å². The molecule has 0 saturated carbocycles. The summed E-state index contributed by atoms with van der Waals surface area (Å²) in [6, 6.07) is 5.76. The molecule has 11 atom stereocenters. The Balaban J connectivity index is 1.13. The molecule has 7 rings (SSSR count). The Morgan fingerprint density at radius 1 is 0.938 bits per heavy atom. The lowest BCUT2D eigenvalue weighted by atomic mass is 9.72. The molecule has 3 aromatic carbocycles. The minimum Gasteiger partial charge on any atom is -0.507 e. The Hall–Kier alpha value is -6.35. The fourth-order valence-corrected chi connectivity index (χ4v) is 8.38. The van der Waals surface area contributed by atoms with E-state index >= 15 is 0 Å². The summed E-state index contributed by atoms with van der Waals surface area (Å²) in [5.41, 5.74) is -5.49. The van der Waals surface area contributed by atoms with E-state index in [-0.39, 0.29) is 39.3 Å². The monoisotopic (exact) mass is 914 g/mol. The first kappa shape index (κ1) is 46.6. The summed E-state index contributed by atoms with van der Waals surface area (Å²) >= 11 is 0.